The third-order valence-corrected chi connectivity index (χ3v) is 3.52. The molecular weight excluding hydrogens is 344 g/mol. The van der Waals surface area contributed by atoms with Crippen LogP contribution in [-0.2, 0) is 0 Å². The lowest BCUT2D eigenvalue weighted by atomic mass is 10.1. The molecule has 0 heterocycles. The molecule has 1 N–H and O–H groups in total. The minimum Gasteiger partial charge on any atom is -0.506 e. The predicted octanol–water partition coefficient (Wildman–Crippen LogP) is 5.09. The van der Waals surface area contributed by atoms with Gasteiger partial charge in [0.1, 0.15) is 5.75 Å². The summed E-state index contributed by atoms with van der Waals surface area (Å²) in [6, 6.07) is 13.8. The van der Waals surface area contributed by atoms with Crippen LogP contribution in [-0.4, -0.2) is 5.11 Å². The maximum Gasteiger partial charge on any atom is 0.143 e. The van der Waals surface area contributed by atoms with Crippen LogP contribution in [0.25, 0.3) is 12.2 Å². The first kappa shape index (κ1) is 12.4. The molecule has 0 unspecified atom stereocenters. The van der Waals surface area contributed by atoms with Gasteiger partial charge < -0.3 is 5.11 Å². The van der Waals surface area contributed by atoms with Gasteiger partial charge in [0.15, 0.2) is 0 Å². The summed E-state index contributed by atoms with van der Waals surface area (Å²) in [7, 11) is 0. The summed E-state index contributed by atoms with van der Waals surface area (Å²) in [6.45, 7) is 0. The molecule has 0 aliphatic heterocycles. The number of rotatable bonds is 2. The highest BCUT2D eigenvalue weighted by molar-refractivity contribution is 9.11. The lowest BCUT2D eigenvalue weighted by Crippen LogP contribution is -1.77. The lowest BCUT2D eigenvalue weighted by molar-refractivity contribution is 0.468. The first-order valence-corrected chi connectivity index (χ1v) is 6.66. The van der Waals surface area contributed by atoms with E-state index in [1.54, 1.807) is 0 Å². The Labute approximate surface area is 117 Å². The van der Waals surface area contributed by atoms with E-state index in [4.69, 9.17) is 0 Å². The zero-order valence-electron chi connectivity index (χ0n) is 8.90. The molecule has 0 fully saturated rings. The van der Waals surface area contributed by atoms with Gasteiger partial charge in [0.2, 0.25) is 0 Å². The van der Waals surface area contributed by atoms with Gasteiger partial charge in [-0.3, -0.25) is 0 Å². The number of phenolic OH excluding ortho intramolecular Hbond substituents is 1. The molecule has 17 heavy (non-hydrogen) atoms. The summed E-state index contributed by atoms with van der Waals surface area (Å²) in [4.78, 5) is 0. The van der Waals surface area contributed by atoms with Crippen LogP contribution in [0.5, 0.6) is 5.75 Å². The highest BCUT2D eigenvalue weighted by atomic mass is 79.9. The van der Waals surface area contributed by atoms with Gasteiger partial charge in [-0.05, 0) is 55.1 Å². The van der Waals surface area contributed by atoms with Gasteiger partial charge in [-0.2, -0.15) is 0 Å². The molecular formula is C14H10Br2O. The maximum atomic E-state index is 9.60. The van der Waals surface area contributed by atoms with Crippen LogP contribution >= 0.6 is 31.9 Å². The summed E-state index contributed by atoms with van der Waals surface area (Å²) in [5, 5.41) is 9.60. The molecule has 0 saturated carbocycles. The van der Waals surface area contributed by atoms with Crippen molar-refractivity contribution in [3.8, 4) is 5.75 Å². The summed E-state index contributed by atoms with van der Waals surface area (Å²) < 4.78 is 1.36. The summed E-state index contributed by atoms with van der Waals surface area (Å²) in [5.74, 6) is 0.224. The standard InChI is InChI=1S/C14H10Br2O/c15-12-8-11(9-13(16)14(12)17)7-6-10-4-2-1-3-5-10/h1-9,17H/b7-6+. The highest BCUT2D eigenvalue weighted by Crippen LogP contribution is 2.33. The Hall–Kier alpha value is -1.06. The fourth-order valence-corrected chi connectivity index (χ4v) is 2.66. The van der Waals surface area contributed by atoms with Crippen molar-refractivity contribution in [2.24, 2.45) is 0 Å². The van der Waals surface area contributed by atoms with Crippen LogP contribution in [0.3, 0.4) is 0 Å². The number of hydrogen-bond donors (Lipinski definition) is 1. The van der Waals surface area contributed by atoms with E-state index in [-0.39, 0.29) is 5.75 Å². The van der Waals surface area contributed by atoms with Crippen molar-refractivity contribution in [2.45, 2.75) is 0 Å². The molecule has 2 aromatic rings. The first-order chi connectivity index (χ1) is 8.16. The van der Waals surface area contributed by atoms with Crippen molar-refractivity contribution in [3.63, 3.8) is 0 Å². The van der Waals surface area contributed by atoms with E-state index in [0.29, 0.717) is 8.95 Å². The molecule has 0 atom stereocenters. The minimum atomic E-state index is 0.224. The smallest absolute Gasteiger partial charge is 0.143 e. The Balaban J connectivity index is 2.28. The van der Waals surface area contributed by atoms with E-state index < -0.39 is 0 Å². The monoisotopic (exact) mass is 352 g/mol. The molecule has 3 heteroatoms. The van der Waals surface area contributed by atoms with Crippen molar-refractivity contribution in [3.05, 3.63) is 62.5 Å². The van der Waals surface area contributed by atoms with Gasteiger partial charge in [-0.15, -0.1) is 0 Å². The summed E-state index contributed by atoms with van der Waals surface area (Å²) in [6.07, 6.45) is 4.04. The molecule has 0 bridgehead atoms. The van der Waals surface area contributed by atoms with Gasteiger partial charge >= 0.3 is 0 Å². The Morgan fingerprint density at radius 2 is 1.35 bits per heavy atom. The highest BCUT2D eigenvalue weighted by Gasteiger charge is 2.03. The number of benzene rings is 2. The molecule has 0 aromatic heterocycles. The van der Waals surface area contributed by atoms with Crippen molar-refractivity contribution >= 4 is 44.0 Å². The van der Waals surface area contributed by atoms with Crippen LogP contribution in [0.1, 0.15) is 11.1 Å². The Kier molecular flexibility index (Phi) is 4.02. The molecule has 0 saturated heterocycles. The van der Waals surface area contributed by atoms with E-state index in [1.165, 1.54) is 0 Å². The Morgan fingerprint density at radius 3 is 1.94 bits per heavy atom. The zero-order chi connectivity index (χ0) is 12.3. The molecule has 0 spiro atoms. The number of hydrogen-bond acceptors (Lipinski definition) is 1. The van der Waals surface area contributed by atoms with Crippen molar-refractivity contribution in [1.82, 2.24) is 0 Å². The van der Waals surface area contributed by atoms with Gasteiger partial charge in [-0.25, -0.2) is 0 Å². The van der Waals surface area contributed by atoms with E-state index in [2.05, 4.69) is 31.9 Å². The van der Waals surface area contributed by atoms with Crippen LogP contribution in [0, 0.1) is 0 Å². The van der Waals surface area contributed by atoms with Gasteiger partial charge in [0.05, 0.1) is 8.95 Å². The second-order valence-electron chi connectivity index (χ2n) is 3.58. The predicted molar refractivity (Wildman–Crippen MR) is 78.9 cm³/mol. The molecule has 86 valence electrons. The van der Waals surface area contributed by atoms with Crippen LogP contribution in [0.4, 0.5) is 0 Å². The summed E-state index contributed by atoms with van der Waals surface area (Å²) >= 11 is 6.62. The normalized spacial score (nSPS) is 10.9. The number of halogens is 2. The topological polar surface area (TPSA) is 20.2 Å². The first-order valence-electron chi connectivity index (χ1n) is 5.08. The third kappa shape index (κ3) is 3.20. The van der Waals surface area contributed by atoms with Crippen LogP contribution in [0.15, 0.2) is 51.4 Å². The minimum absolute atomic E-state index is 0.224. The fourth-order valence-electron chi connectivity index (χ4n) is 1.44. The van der Waals surface area contributed by atoms with E-state index in [9.17, 15) is 5.11 Å². The second-order valence-corrected chi connectivity index (χ2v) is 5.29. The lowest BCUT2D eigenvalue weighted by Gasteiger charge is -2.02. The third-order valence-electron chi connectivity index (χ3n) is 2.31. The SMILES string of the molecule is Oc1c(Br)cc(/C=C/c2ccccc2)cc1Br. The van der Waals surface area contributed by atoms with Crippen molar-refractivity contribution in [1.29, 1.82) is 0 Å². The summed E-state index contributed by atoms with van der Waals surface area (Å²) in [5.41, 5.74) is 2.17. The molecule has 0 aliphatic carbocycles. The molecule has 2 rings (SSSR count). The van der Waals surface area contributed by atoms with Crippen molar-refractivity contribution < 1.29 is 5.11 Å². The Bertz CT molecular complexity index is 524. The largest absolute Gasteiger partial charge is 0.506 e. The van der Waals surface area contributed by atoms with Crippen molar-refractivity contribution in [2.75, 3.05) is 0 Å². The molecule has 0 amide bonds. The van der Waals surface area contributed by atoms with Crippen LogP contribution < -0.4 is 0 Å². The van der Waals surface area contributed by atoms with Gasteiger partial charge in [0.25, 0.3) is 0 Å². The molecule has 0 aliphatic rings. The quantitative estimate of drug-likeness (QED) is 0.745. The van der Waals surface area contributed by atoms with E-state index in [0.717, 1.165) is 11.1 Å². The molecule has 1 nitrogen and oxygen atoms in total. The molecule has 0 radical (unpaired) electrons. The average Bonchev–Trinajstić information content (AvgIpc) is 2.34. The second kappa shape index (κ2) is 5.52. The number of aromatic hydroxyl groups is 1. The zero-order valence-corrected chi connectivity index (χ0v) is 12.1. The van der Waals surface area contributed by atoms with Gasteiger partial charge in [-0.1, -0.05) is 42.5 Å². The van der Waals surface area contributed by atoms with E-state index >= 15 is 0 Å². The average molecular weight is 354 g/mol. The number of phenols is 1. The Morgan fingerprint density at radius 1 is 0.824 bits per heavy atom. The van der Waals surface area contributed by atoms with Gasteiger partial charge in [0, 0.05) is 0 Å². The maximum absolute atomic E-state index is 9.60. The fraction of sp³-hybridized carbons (Fsp3) is 0. The van der Waals surface area contributed by atoms with E-state index in [1.807, 2.05) is 54.6 Å². The van der Waals surface area contributed by atoms with Crippen LogP contribution in [0.2, 0.25) is 0 Å². The molecule has 2 aromatic carbocycles.